The predicted octanol–water partition coefficient (Wildman–Crippen LogP) is 6.52. The summed E-state index contributed by atoms with van der Waals surface area (Å²) in [6.45, 7) is 4.21. The number of thiophene rings is 1. The highest BCUT2D eigenvalue weighted by Gasteiger charge is 2.30. The van der Waals surface area contributed by atoms with Crippen molar-refractivity contribution >= 4 is 45.9 Å². The Morgan fingerprint density at radius 1 is 1.00 bits per heavy atom. The van der Waals surface area contributed by atoms with E-state index in [1.807, 2.05) is 37.3 Å². The molecule has 2 heterocycles. The maximum atomic E-state index is 12.7. The number of rotatable bonds is 4. The molecule has 1 amide bonds. The van der Waals surface area contributed by atoms with Gasteiger partial charge in [-0.25, -0.2) is 4.99 Å². The van der Waals surface area contributed by atoms with E-state index >= 15 is 0 Å². The maximum absolute atomic E-state index is 12.7. The molecule has 3 aromatic rings. The molecule has 0 saturated carbocycles. The van der Waals surface area contributed by atoms with Crippen LogP contribution in [0.4, 0.5) is 5.69 Å². The topological polar surface area (TPSA) is 32.7 Å². The summed E-state index contributed by atoms with van der Waals surface area (Å²) in [4.78, 5) is 21.9. The van der Waals surface area contributed by atoms with Crippen molar-refractivity contribution in [3.8, 4) is 10.4 Å². The van der Waals surface area contributed by atoms with Crippen molar-refractivity contribution in [2.75, 3.05) is 7.05 Å². The SMILES string of the molecule is CCc1ccc(-c2ccc(C=C3SC(=Nc4ccc(C)cc4)N(C)C3=O)s2)cc1. The van der Waals surface area contributed by atoms with Gasteiger partial charge in [-0.2, -0.15) is 0 Å². The molecule has 0 aliphatic carbocycles. The third-order valence-corrected chi connectivity index (χ3v) is 6.95. The van der Waals surface area contributed by atoms with Gasteiger partial charge >= 0.3 is 0 Å². The van der Waals surface area contributed by atoms with Gasteiger partial charge in [0.25, 0.3) is 5.91 Å². The van der Waals surface area contributed by atoms with Gasteiger partial charge < -0.3 is 0 Å². The van der Waals surface area contributed by atoms with Gasteiger partial charge in [-0.3, -0.25) is 9.69 Å². The van der Waals surface area contributed by atoms with Crippen LogP contribution in [-0.4, -0.2) is 23.0 Å². The van der Waals surface area contributed by atoms with E-state index < -0.39 is 0 Å². The Kier molecular flexibility index (Phi) is 5.69. The van der Waals surface area contributed by atoms with Gasteiger partial charge in [0.2, 0.25) is 0 Å². The first kappa shape index (κ1) is 19.7. The van der Waals surface area contributed by atoms with Crippen molar-refractivity contribution in [2.24, 2.45) is 4.99 Å². The number of carbonyl (C=O) groups excluding carboxylic acids is 1. The summed E-state index contributed by atoms with van der Waals surface area (Å²) in [6, 6.07) is 20.9. The molecule has 1 aliphatic heterocycles. The van der Waals surface area contributed by atoms with Crippen LogP contribution in [0.1, 0.15) is 22.9 Å². The van der Waals surface area contributed by atoms with E-state index in [1.165, 1.54) is 33.3 Å². The smallest absolute Gasteiger partial charge is 0.266 e. The molecule has 0 N–H and O–H groups in total. The second-order valence-electron chi connectivity index (χ2n) is 6.96. The van der Waals surface area contributed by atoms with Crippen molar-refractivity contribution in [3.05, 3.63) is 81.6 Å². The second kappa shape index (κ2) is 8.39. The van der Waals surface area contributed by atoms with Crippen molar-refractivity contribution in [1.29, 1.82) is 0 Å². The van der Waals surface area contributed by atoms with Crippen molar-refractivity contribution < 1.29 is 4.79 Å². The summed E-state index contributed by atoms with van der Waals surface area (Å²) >= 11 is 3.12. The molecule has 1 fully saturated rings. The zero-order valence-electron chi connectivity index (χ0n) is 16.7. The lowest BCUT2D eigenvalue weighted by Crippen LogP contribution is -2.23. The number of amidine groups is 1. The maximum Gasteiger partial charge on any atom is 0.266 e. The van der Waals surface area contributed by atoms with Crippen LogP contribution in [0.2, 0.25) is 0 Å². The summed E-state index contributed by atoms with van der Waals surface area (Å²) in [5.74, 6) is -0.0110. The second-order valence-corrected chi connectivity index (χ2v) is 9.08. The molecule has 0 unspecified atom stereocenters. The van der Waals surface area contributed by atoms with Gasteiger partial charge in [-0.15, -0.1) is 11.3 Å². The van der Waals surface area contributed by atoms with Crippen molar-refractivity contribution in [2.45, 2.75) is 20.3 Å². The average Bonchev–Trinajstić information content (AvgIpc) is 3.31. The molecule has 1 aromatic heterocycles. The molecule has 0 spiro atoms. The van der Waals surface area contributed by atoms with E-state index in [-0.39, 0.29) is 5.91 Å². The quantitative estimate of drug-likeness (QED) is 0.452. The Morgan fingerprint density at radius 2 is 1.72 bits per heavy atom. The molecule has 1 aliphatic rings. The number of nitrogens with zero attached hydrogens (tertiary/aromatic N) is 2. The third kappa shape index (κ3) is 4.36. The van der Waals surface area contributed by atoms with Crippen LogP contribution in [0.15, 0.2) is 70.6 Å². The molecular weight excluding hydrogens is 396 g/mol. The van der Waals surface area contributed by atoms with E-state index in [4.69, 9.17) is 0 Å². The first-order valence-electron chi connectivity index (χ1n) is 9.55. The highest BCUT2D eigenvalue weighted by Crippen LogP contribution is 2.36. The number of aryl methyl sites for hydroxylation is 2. The molecule has 2 aromatic carbocycles. The number of benzene rings is 2. The number of hydrogen-bond acceptors (Lipinski definition) is 4. The molecule has 1 saturated heterocycles. The van der Waals surface area contributed by atoms with Gasteiger partial charge in [0.15, 0.2) is 5.17 Å². The van der Waals surface area contributed by atoms with Gasteiger partial charge in [-0.1, -0.05) is 48.9 Å². The van der Waals surface area contributed by atoms with E-state index in [9.17, 15) is 4.79 Å². The number of aliphatic imine (C=N–C) groups is 1. The van der Waals surface area contributed by atoms with E-state index in [0.29, 0.717) is 10.1 Å². The van der Waals surface area contributed by atoms with E-state index in [1.54, 1.807) is 23.3 Å². The first-order chi connectivity index (χ1) is 14.0. The fraction of sp³-hybridized carbons (Fsp3) is 0.167. The highest BCUT2D eigenvalue weighted by molar-refractivity contribution is 8.18. The van der Waals surface area contributed by atoms with Gasteiger partial charge in [0.1, 0.15) is 0 Å². The number of likely N-dealkylation sites (N-methyl/N-ethyl adjacent to an activating group) is 1. The summed E-state index contributed by atoms with van der Waals surface area (Å²) in [5.41, 5.74) is 4.59. The van der Waals surface area contributed by atoms with E-state index in [2.05, 4.69) is 48.3 Å². The molecular formula is C24H22N2OS2. The van der Waals surface area contributed by atoms with Crippen molar-refractivity contribution in [1.82, 2.24) is 4.90 Å². The summed E-state index contributed by atoms with van der Waals surface area (Å²) in [7, 11) is 1.78. The Balaban J connectivity index is 1.56. The van der Waals surface area contributed by atoms with Crippen LogP contribution in [-0.2, 0) is 11.2 Å². The number of amides is 1. The fourth-order valence-electron chi connectivity index (χ4n) is 3.00. The standard InChI is InChI=1S/C24H22N2OS2/c1-4-17-7-9-18(10-8-17)21-14-13-20(28-21)15-22-23(27)26(3)24(29-22)25-19-11-5-16(2)6-12-19/h5-15H,4H2,1-3H3. The van der Waals surface area contributed by atoms with E-state index in [0.717, 1.165) is 17.0 Å². The zero-order valence-corrected chi connectivity index (χ0v) is 18.3. The lowest BCUT2D eigenvalue weighted by molar-refractivity contribution is -0.121. The minimum atomic E-state index is -0.0110. The fourth-order valence-corrected chi connectivity index (χ4v) is 5.01. The third-order valence-electron chi connectivity index (χ3n) is 4.81. The van der Waals surface area contributed by atoms with Crippen LogP contribution in [0.25, 0.3) is 16.5 Å². The summed E-state index contributed by atoms with van der Waals surface area (Å²) in [6.07, 6.45) is 3.01. The zero-order chi connectivity index (χ0) is 20.4. The number of thioether (sulfide) groups is 1. The first-order valence-corrected chi connectivity index (χ1v) is 11.2. The predicted molar refractivity (Wildman–Crippen MR) is 126 cm³/mol. The van der Waals surface area contributed by atoms with Gasteiger partial charge in [0.05, 0.1) is 10.6 Å². The van der Waals surface area contributed by atoms with Crippen LogP contribution >= 0.6 is 23.1 Å². The minimum absolute atomic E-state index is 0.0110. The van der Waals surface area contributed by atoms with Crippen LogP contribution in [0, 0.1) is 6.92 Å². The molecule has 146 valence electrons. The van der Waals surface area contributed by atoms with Gasteiger partial charge in [0, 0.05) is 16.8 Å². The lowest BCUT2D eigenvalue weighted by atomic mass is 10.1. The Morgan fingerprint density at radius 3 is 2.41 bits per heavy atom. The molecule has 0 atom stereocenters. The van der Waals surface area contributed by atoms with Crippen LogP contribution < -0.4 is 0 Å². The Bertz CT molecular complexity index is 1090. The summed E-state index contributed by atoms with van der Waals surface area (Å²) < 4.78 is 0. The molecule has 4 rings (SSSR count). The molecule has 0 radical (unpaired) electrons. The molecule has 0 bridgehead atoms. The average molecular weight is 419 g/mol. The largest absolute Gasteiger partial charge is 0.290 e. The lowest BCUT2D eigenvalue weighted by Gasteiger charge is -2.07. The highest BCUT2D eigenvalue weighted by atomic mass is 32.2. The Hall–Kier alpha value is -2.63. The molecule has 5 heteroatoms. The minimum Gasteiger partial charge on any atom is -0.290 e. The molecule has 3 nitrogen and oxygen atoms in total. The van der Waals surface area contributed by atoms with Crippen molar-refractivity contribution in [3.63, 3.8) is 0 Å². The summed E-state index contributed by atoms with van der Waals surface area (Å²) in [5, 5.41) is 0.706. The van der Waals surface area contributed by atoms with Crippen LogP contribution in [0.5, 0.6) is 0 Å². The molecule has 29 heavy (non-hydrogen) atoms. The number of carbonyl (C=O) groups is 1. The van der Waals surface area contributed by atoms with Crippen LogP contribution in [0.3, 0.4) is 0 Å². The van der Waals surface area contributed by atoms with Gasteiger partial charge in [-0.05, 0) is 66.6 Å². The number of hydrogen-bond donors (Lipinski definition) is 0. The monoisotopic (exact) mass is 418 g/mol. The normalized spacial score (nSPS) is 16.9. The Labute approximate surface area is 179 Å².